The van der Waals surface area contributed by atoms with Crippen LogP contribution in [-0.2, 0) is 14.2 Å². The van der Waals surface area contributed by atoms with E-state index in [9.17, 15) is 60.7 Å². The number of aliphatic hydroxyl groups is 7. The summed E-state index contributed by atoms with van der Waals surface area (Å²) in [5.41, 5.74) is -3.34. The van der Waals surface area contributed by atoms with Crippen LogP contribution in [0.4, 0.5) is 0 Å². The Bertz CT molecular complexity index is 1810. The minimum atomic E-state index is -2.00. The number of ether oxygens (including phenoxy) is 4. The minimum absolute atomic E-state index is 0.169. The predicted molar refractivity (Wildman–Crippen MR) is 139 cm³/mol. The Hall–Kier alpha value is -3.82. The highest BCUT2D eigenvalue weighted by molar-refractivity contribution is 6.22. The molecule has 2 aliphatic rings. The molecule has 238 valence electrons. The number of benzene rings is 2. The highest BCUT2D eigenvalue weighted by Gasteiger charge is 2.48. The molecule has 0 unspecified atom stereocenters. The standard InChI is InChI=1S/C26H26O18/c27-3-9-14(31)16(33)18(35)25(40-9)39-4-10-15(32)17(34)19(36)26(41-10)44-20-8(29)2-6-12-11-5(24(38)43-22(12)20)1-7(28)13(30)21(11)42-23(6)37/h1-2,9-10,14-19,25-36H,3-4H2/t9-,10-,14-,15-,16+,17+,18-,19-,25-,26+/m1/s1. The van der Waals surface area contributed by atoms with Gasteiger partial charge in [0.05, 0.1) is 24.0 Å². The first-order valence-corrected chi connectivity index (χ1v) is 13.1. The molecule has 2 aromatic heterocycles. The SMILES string of the molecule is O=c1oc2c(O[C@@H]3O[C@H](CO[C@@H]4O[C@H](CO)[C@@H](O)[C@H](O)[C@H]4O)[C@@H](O)[C@H](O)[C@H]3O)c(O)cc3c(=O)oc4c(O)c(O)cc1c4c23. The van der Waals surface area contributed by atoms with Crippen LogP contribution in [0.2, 0.25) is 0 Å². The largest absolute Gasteiger partial charge is 0.504 e. The van der Waals surface area contributed by atoms with Crippen molar-refractivity contribution in [1.29, 1.82) is 0 Å². The van der Waals surface area contributed by atoms with Gasteiger partial charge in [-0.3, -0.25) is 0 Å². The van der Waals surface area contributed by atoms with Crippen LogP contribution < -0.4 is 16.0 Å². The zero-order chi connectivity index (χ0) is 31.8. The van der Waals surface area contributed by atoms with Gasteiger partial charge in [-0.05, 0) is 12.1 Å². The molecule has 10 atom stereocenters. The Morgan fingerprint density at radius 3 is 1.82 bits per heavy atom. The predicted octanol–water partition coefficient (Wildman–Crippen LogP) is -3.39. The fourth-order valence-corrected chi connectivity index (χ4v) is 5.35. The first-order valence-electron chi connectivity index (χ1n) is 13.1. The summed E-state index contributed by atoms with van der Waals surface area (Å²) in [4.78, 5) is 25.5. The fourth-order valence-electron chi connectivity index (χ4n) is 5.35. The van der Waals surface area contributed by atoms with Crippen molar-refractivity contribution in [2.45, 2.75) is 61.4 Å². The highest BCUT2D eigenvalue weighted by Crippen LogP contribution is 2.45. The summed E-state index contributed by atoms with van der Waals surface area (Å²) in [6.45, 7) is -1.42. The van der Waals surface area contributed by atoms with Crippen LogP contribution in [0.25, 0.3) is 32.7 Å². The Labute approximate surface area is 242 Å². The second-order valence-electron chi connectivity index (χ2n) is 10.4. The monoisotopic (exact) mass is 626 g/mol. The number of aliphatic hydroxyl groups excluding tert-OH is 7. The number of hydrogen-bond donors (Lipinski definition) is 10. The summed E-state index contributed by atoms with van der Waals surface area (Å²) in [7, 11) is 0. The third-order valence-electron chi connectivity index (χ3n) is 7.71. The van der Waals surface area contributed by atoms with Gasteiger partial charge in [0.2, 0.25) is 17.8 Å². The molecule has 4 aromatic rings. The number of hydrogen-bond acceptors (Lipinski definition) is 18. The number of rotatable bonds is 6. The molecule has 0 aliphatic carbocycles. The molecule has 2 aliphatic heterocycles. The molecule has 6 rings (SSSR count). The maximum atomic E-state index is 12.9. The van der Waals surface area contributed by atoms with Crippen LogP contribution in [0.1, 0.15) is 0 Å². The molecule has 4 heterocycles. The Balaban J connectivity index is 1.34. The van der Waals surface area contributed by atoms with Crippen molar-refractivity contribution in [1.82, 2.24) is 0 Å². The van der Waals surface area contributed by atoms with E-state index in [0.717, 1.165) is 12.1 Å². The first-order chi connectivity index (χ1) is 20.8. The third-order valence-corrected chi connectivity index (χ3v) is 7.71. The topological polar surface area (TPSA) is 300 Å². The molecule has 2 fully saturated rings. The third kappa shape index (κ3) is 4.59. The molecule has 44 heavy (non-hydrogen) atoms. The van der Waals surface area contributed by atoms with E-state index in [-0.39, 0.29) is 21.5 Å². The number of phenolic OH excluding ortho intramolecular Hbond substituents is 3. The van der Waals surface area contributed by atoms with Crippen molar-refractivity contribution >= 4 is 32.7 Å². The van der Waals surface area contributed by atoms with Crippen LogP contribution in [0, 0.1) is 0 Å². The van der Waals surface area contributed by atoms with Crippen molar-refractivity contribution in [3.05, 3.63) is 33.0 Å². The lowest BCUT2D eigenvalue weighted by Gasteiger charge is -2.42. The van der Waals surface area contributed by atoms with Crippen LogP contribution in [0.5, 0.6) is 23.0 Å². The smallest absolute Gasteiger partial charge is 0.344 e. The lowest BCUT2D eigenvalue weighted by atomic mass is 9.98. The second kappa shape index (κ2) is 11.0. The van der Waals surface area contributed by atoms with E-state index in [2.05, 4.69) is 0 Å². The van der Waals surface area contributed by atoms with E-state index >= 15 is 0 Å². The molecule has 0 saturated carbocycles. The van der Waals surface area contributed by atoms with Gasteiger partial charge >= 0.3 is 11.3 Å². The van der Waals surface area contributed by atoms with E-state index in [1.165, 1.54) is 0 Å². The lowest BCUT2D eigenvalue weighted by Crippen LogP contribution is -2.62. The van der Waals surface area contributed by atoms with Gasteiger partial charge in [0.15, 0.2) is 29.0 Å². The summed E-state index contributed by atoms with van der Waals surface area (Å²) >= 11 is 0. The molecule has 18 nitrogen and oxygen atoms in total. The summed E-state index contributed by atoms with van der Waals surface area (Å²) in [6, 6.07) is 1.76. The molecular weight excluding hydrogens is 600 g/mol. The van der Waals surface area contributed by atoms with Gasteiger partial charge < -0.3 is 78.8 Å². The molecule has 2 aromatic carbocycles. The Morgan fingerprint density at radius 2 is 1.18 bits per heavy atom. The summed E-state index contributed by atoms with van der Waals surface area (Å²) in [5.74, 6) is -3.13. The van der Waals surface area contributed by atoms with Crippen LogP contribution in [0.3, 0.4) is 0 Å². The van der Waals surface area contributed by atoms with Gasteiger partial charge in [0.25, 0.3) is 0 Å². The molecule has 10 N–H and O–H groups in total. The summed E-state index contributed by atoms with van der Waals surface area (Å²) in [5, 5.41) is 101. The minimum Gasteiger partial charge on any atom is -0.504 e. The van der Waals surface area contributed by atoms with E-state index < -0.39 is 120 Å². The van der Waals surface area contributed by atoms with Crippen molar-refractivity contribution in [2.75, 3.05) is 13.2 Å². The van der Waals surface area contributed by atoms with Gasteiger partial charge in [-0.2, -0.15) is 0 Å². The van der Waals surface area contributed by atoms with Crippen molar-refractivity contribution in [3.63, 3.8) is 0 Å². The lowest BCUT2D eigenvalue weighted by molar-refractivity contribution is -0.323. The Kier molecular flexibility index (Phi) is 7.53. The van der Waals surface area contributed by atoms with Gasteiger partial charge in [-0.15, -0.1) is 0 Å². The molecule has 0 radical (unpaired) electrons. The average Bonchev–Trinajstić information content (AvgIpc) is 2.99. The quantitative estimate of drug-likeness (QED) is 0.0567. The van der Waals surface area contributed by atoms with Crippen LogP contribution >= 0.6 is 0 Å². The van der Waals surface area contributed by atoms with E-state index in [4.69, 9.17) is 27.8 Å². The summed E-state index contributed by atoms with van der Waals surface area (Å²) < 4.78 is 32.2. The fraction of sp³-hybridized carbons (Fsp3) is 0.462. The molecule has 0 bridgehead atoms. The van der Waals surface area contributed by atoms with E-state index in [1.54, 1.807) is 0 Å². The van der Waals surface area contributed by atoms with Crippen molar-refractivity contribution in [2.24, 2.45) is 0 Å². The van der Waals surface area contributed by atoms with Gasteiger partial charge in [0.1, 0.15) is 48.8 Å². The Morgan fingerprint density at radius 1 is 0.659 bits per heavy atom. The van der Waals surface area contributed by atoms with Crippen molar-refractivity contribution in [3.8, 4) is 23.0 Å². The zero-order valence-corrected chi connectivity index (χ0v) is 22.1. The van der Waals surface area contributed by atoms with Crippen LogP contribution in [0.15, 0.2) is 30.6 Å². The van der Waals surface area contributed by atoms with Gasteiger partial charge in [0, 0.05) is 10.8 Å². The van der Waals surface area contributed by atoms with Crippen LogP contribution in [-0.4, -0.2) is 126 Å². The normalized spacial score (nSPS) is 33.0. The number of phenols is 3. The molecule has 18 heteroatoms. The van der Waals surface area contributed by atoms with E-state index in [1.807, 2.05) is 0 Å². The average molecular weight is 626 g/mol. The second-order valence-corrected chi connectivity index (χ2v) is 10.4. The maximum absolute atomic E-state index is 12.9. The maximum Gasteiger partial charge on any atom is 0.344 e. The first kappa shape index (κ1) is 30.2. The van der Waals surface area contributed by atoms with Gasteiger partial charge in [-0.25, -0.2) is 9.59 Å². The van der Waals surface area contributed by atoms with Gasteiger partial charge in [-0.1, -0.05) is 0 Å². The zero-order valence-electron chi connectivity index (χ0n) is 22.1. The molecule has 0 spiro atoms. The summed E-state index contributed by atoms with van der Waals surface area (Å²) in [6.07, 6.45) is -17.4. The molecule has 2 saturated heterocycles. The highest BCUT2D eigenvalue weighted by atomic mass is 16.7. The van der Waals surface area contributed by atoms with E-state index in [0.29, 0.717) is 0 Å². The number of aromatic hydroxyl groups is 3. The van der Waals surface area contributed by atoms with Crippen molar-refractivity contribution < 1.29 is 78.8 Å². The molecular formula is C26H26O18. The molecule has 0 amide bonds.